The summed E-state index contributed by atoms with van der Waals surface area (Å²) < 4.78 is 28.4. The Morgan fingerprint density at radius 2 is 1.69 bits per heavy atom. The highest BCUT2D eigenvalue weighted by Crippen LogP contribution is 2.25. The summed E-state index contributed by atoms with van der Waals surface area (Å²) in [5.74, 6) is -2.74. The molecule has 10 heteroatoms. The van der Waals surface area contributed by atoms with Gasteiger partial charge >= 0.3 is 5.97 Å². The molecule has 29 heavy (non-hydrogen) atoms. The van der Waals surface area contributed by atoms with Crippen molar-refractivity contribution in [3.8, 4) is 0 Å². The van der Waals surface area contributed by atoms with Crippen molar-refractivity contribution in [2.45, 2.75) is 38.5 Å². The number of carbonyl (C=O) groups excluding carboxylic acids is 4. The van der Waals surface area contributed by atoms with E-state index in [2.05, 4.69) is 0 Å². The topological polar surface area (TPSA) is 118 Å². The molecule has 1 fully saturated rings. The summed E-state index contributed by atoms with van der Waals surface area (Å²) >= 11 is 0. The van der Waals surface area contributed by atoms with Crippen molar-refractivity contribution < 1.29 is 32.3 Å². The summed E-state index contributed by atoms with van der Waals surface area (Å²) in [4.78, 5) is 52.1. The van der Waals surface area contributed by atoms with Crippen LogP contribution in [0, 0.1) is 0 Å². The SMILES string of the molecule is C[C@H](OC(=O)[C@H](C)N1C(=O)c2ccccc2C1=O)C(=O)N(C)[C@H]1CCS(=O)(=O)C1. The molecule has 1 aromatic rings. The Morgan fingerprint density at radius 3 is 2.17 bits per heavy atom. The molecule has 0 spiro atoms. The second kappa shape index (κ2) is 7.58. The maximum Gasteiger partial charge on any atom is 0.329 e. The first-order chi connectivity index (χ1) is 13.5. The fraction of sp³-hybridized carbons (Fsp3) is 0.474. The van der Waals surface area contributed by atoms with E-state index in [4.69, 9.17) is 4.74 Å². The van der Waals surface area contributed by atoms with Gasteiger partial charge in [0.2, 0.25) is 0 Å². The van der Waals surface area contributed by atoms with Crippen LogP contribution >= 0.6 is 0 Å². The van der Waals surface area contributed by atoms with E-state index < -0.39 is 51.7 Å². The van der Waals surface area contributed by atoms with Gasteiger partial charge in [0.25, 0.3) is 17.7 Å². The van der Waals surface area contributed by atoms with Gasteiger partial charge in [-0.15, -0.1) is 0 Å². The number of hydrogen-bond donors (Lipinski definition) is 0. The third-order valence-corrected chi connectivity index (χ3v) is 7.05. The average Bonchev–Trinajstić information content (AvgIpc) is 3.17. The van der Waals surface area contributed by atoms with Crippen LogP contribution in [0.25, 0.3) is 0 Å². The molecule has 0 bridgehead atoms. The highest BCUT2D eigenvalue weighted by atomic mass is 32.2. The summed E-state index contributed by atoms with van der Waals surface area (Å²) in [6.07, 6.45) is -0.857. The van der Waals surface area contributed by atoms with E-state index in [0.717, 1.165) is 4.90 Å². The third-order valence-electron chi connectivity index (χ3n) is 5.30. The van der Waals surface area contributed by atoms with Crippen LogP contribution < -0.4 is 0 Å². The molecule has 9 nitrogen and oxygen atoms in total. The van der Waals surface area contributed by atoms with Crippen molar-refractivity contribution in [2.24, 2.45) is 0 Å². The van der Waals surface area contributed by atoms with E-state index in [9.17, 15) is 27.6 Å². The molecule has 0 N–H and O–H groups in total. The first-order valence-electron chi connectivity index (χ1n) is 9.18. The second-order valence-corrected chi connectivity index (χ2v) is 9.52. The van der Waals surface area contributed by atoms with Crippen LogP contribution in [-0.4, -0.2) is 78.6 Å². The van der Waals surface area contributed by atoms with E-state index in [-0.39, 0.29) is 22.6 Å². The lowest BCUT2D eigenvalue weighted by atomic mass is 10.1. The highest BCUT2D eigenvalue weighted by Gasteiger charge is 2.42. The van der Waals surface area contributed by atoms with Crippen molar-refractivity contribution in [1.29, 1.82) is 0 Å². The van der Waals surface area contributed by atoms with Crippen LogP contribution in [-0.2, 0) is 24.2 Å². The molecular weight excluding hydrogens is 400 g/mol. The number of ether oxygens (including phenoxy) is 1. The van der Waals surface area contributed by atoms with Crippen LogP contribution in [0.1, 0.15) is 41.0 Å². The van der Waals surface area contributed by atoms with Crippen LogP contribution in [0.2, 0.25) is 0 Å². The van der Waals surface area contributed by atoms with Crippen molar-refractivity contribution in [3.05, 3.63) is 35.4 Å². The number of likely N-dealkylation sites (N-methyl/N-ethyl adjacent to an activating group) is 1. The molecule has 3 atom stereocenters. The van der Waals surface area contributed by atoms with Gasteiger partial charge in [0, 0.05) is 13.1 Å². The molecule has 1 aromatic carbocycles. The predicted molar refractivity (Wildman–Crippen MR) is 102 cm³/mol. The number of rotatable bonds is 5. The van der Waals surface area contributed by atoms with E-state index in [1.54, 1.807) is 12.1 Å². The van der Waals surface area contributed by atoms with E-state index >= 15 is 0 Å². The Hall–Kier alpha value is -2.75. The van der Waals surface area contributed by atoms with Gasteiger partial charge in [0.1, 0.15) is 6.04 Å². The number of esters is 1. The zero-order chi connectivity index (χ0) is 21.5. The number of imide groups is 1. The van der Waals surface area contributed by atoms with Crippen molar-refractivity contribution in [2.75, 3.05) is 18.6 Å². The summed E-state index contributed by atoms with van der Waals surface area (Å²) in [6.45, 7) is 2.73. The maximum absolute atomic E-state index is 12.5. The largest absolute Gasteiger partial charge is 0.451 e. The normalized spacial score (nSPS) is 22.2. The number of fused-ring (bicyclic) bond motifs is 1. The molecule has 1 saturated heterocycles. The molecule has 156 valence electrons. The van der Waals surface area contributed by atoms with Crippen LogP contribution in [0.4, 0.5) is 0 Å². The maximum atomic E-state index is 12.5. The minimum absolute atomic E-state index is 0.0141. The van der Waals surface area contributed by atoms with Gasteiger partial charge in [-0.1, -0.05) is 12.1 Å². The first-order valence-corrected chi connectivity index (χ1v) is 11.0. The number of hydrogen-bond acceptors (Lipinski definition) is 7. The smallest absolute Gasteiger partial charge is 0.329 e. The summed E-state index contributed by atoms with van der Waals surface area (Å²) in [5.41, 5.74) is 0.423. The van der Waals surface area contributed by atoms with Crippen LogP contribution in [0.3, 0.4) is 0 Å². The fourth-order valence-corrected chi connectivity index (χ4v) is 5.31. The van der Waals surface area contributed by atoms with Gasteiger partial charge in [-0.05, 0) is 32.4 Å². The van der Waals surface area contributed by atoms with Gasteiger partial charge < -0.3 is 9.64 Å². The molecule has 0 unspecified atom stereocenters. The standard InChI is InChI=1S/C19H22N2O7S/c1-11(21-17(23)14-6-4-5-7-15(14)18(21)24)19(25)28-12(2)16(22)20(3)13-8-9-29(26,27)10-13/h4-7,11-13H,8-10H2,1-3H3/t11-,12-,13-/m0/s1. The predicted octanol–water partition coefficient (Wildman–Crippen LogP) is 0.248. The molecule has 2 aliphatic heterocycles. The minimum Gasteiger partial charge on any atom is -0.451 e. The molecule has 0 aliphatic carbocycles. The quantitative estimate of drug-likeness (QED) is 0.493. The number of amides is 3. The molecule has 0 saturated carbocycles. The molecule has 2 aliphatic rings. The minimum atomic E-state index is -3.17. The molecule has 0 radical (unpaired) electrons. The van der Waals surface area contributed by atoms with Crippen LogP contribution in [0.5, 0.6) is 0 Å². The lowest BCUT2D eigenvalue weighted by Crippen LogP contribution is -2.48. The van der Waals surface area contributed by atoms with Gasteiger partial charge in [-0.25, -0.2) is 13.2 Å². The molecule has 0 aromatic heterocycles. The molecule has 2 heterocycles. The van der Waals surface area contributed by atoms with Crippen molar-refractivity contribution in [1.82, 2.24) is 9.80 Å². The van der Waals surface area contributed by atoms with Crippen molar-refractivity contribution >= 4 is 33.5 Å². The lowest BCUT2D eigenvalue weighted by Gasteiger charge is -2.28. The highest BCUT2D eigenvalue weighted by molar-refractivity contribution is 7.91. The molecule has 3 amide bonds. The zero-order valence-corrected chi connectivity index (χ0v) is 17.1. The Labute approximate surface area is 168 Å². The first kappa shape index (κ1) is 21.0. The fourth-order valence-electron chi connectivity index (χ4n) is 3.54. The Kier molecular flexibility index (Phi) is 5.48. The Morgan fingerprint density at radius 1 is 1.14 bits per heavy atom. The summed E-state index contributed by atoms with van der Waals surface area (Å²) in [7, 11) is -1.70. The number of nitrogens with zero attached hydrogens (tertiary/aromatic N) is 2. The van der Waals surface area contributed by atoms with E-state index in [1.807, 2.05) is 0 Å². The van der Waals surface area contributed by atoms with Gasteiger partial charge in [-0.2, -0.15) is 0 Å². The number of sulfone groups is 1. The summed E-state index contributed by atoms with van der Waals surface area (Å²) in [5, 5.41) is 0. The average molecular weight is 422 g/mol. The third kappa shape index (κ3) is 3.89. The molecule has 3 rings (SSSR count). The van der Waals surface area contributed by atoms with Crippen molar-refractivity contribution in [3.63, 3.8) is 0 Å². The van der Waals surface area contributed by atoms with E-state index in [0.29, 0.717) is 6.42 Å². The second-order valence-electron chi connectivity index (χ2n) is 7.29. The monoisotopic (exact) mass is 422 g/mol. The Balaban J connectivity index is 1.65. The lowest BCUT2D eigenvalue weighted by molar-refractivity contribution is -0.162. The van der Waals surface area contributed by atoms with Gasteiger partial charge in [-0.3, -0.25) is 19.3 Å². The zero-order valence-electron chi connectivity index (χ0n) is 16.3. The van der Waals surface area contributed by atoms with Gasteiger partial charge in [0.05, 0.1) is 22.6 Å². The van der Waals surface area contributed by atoms with Crippen LogP contribution in [0.15, 0.2) is 24.3 Å². The number of carbonyl (C=O) groups is 4. The van der Waals surface area contributed by atoms with Gasteiger partial charge in [0.15, 0.2) is 15.9 Å². The number of benzene rings is 1. The Bertz CT molecular complexity index is 953. The summed E-state index contributed by atoms with van der Waals surface area (Å²) in [6, 6.07) is 4.57. The van der Waals surface area contributed by atoms with E-state index in [1.165, 1.54) is 37.9 Å². The molecular formula is C19H22N2O7S.